The maximum Gasteiger partial charge on any atom is 0.255 e. The summed E-state index contributed by atoms with van der Waals surface area (Å²) >= 11 is 0. The van der Waals surface area contributed by atoms with Crippen LogP contribution in [0.15, 0.2) is 47.4 Å². The van der Waals surface area contributed by atoms with Gasteiger partial charge in [-0.1, -0.05) is 32.0 Å². The van der Waals surface area contributed by atoms with Crippen molar-refractivity contribution < 1.29 is 32.6 Å². The van der Waals surface area contributed by atoms with E-state index in [1.807, 2.05) is 0 Å². The molecule has 5 rings (SSSR count). The van der Waals surface area contributed by atoms with Crippen LogP contribution < -0.4 is 20.5 Å². The molecule has 0 spiro atoms. The number of amides is 2. The number of benzene rings is 2. The van der Waals surface area contributed by atoms with Gasteiger partial charge >= 0.3 is 0 Å². The molecule has 0 aliphatic carbocycles. The Balaban J connectivity index is 1.43. The number of primary sulfonamides is 1. The molecule has 4 bridgehead atoms. The van der Waals surface area contributed by atoms with E-state index in [-0.39, 0.29) is 42.0 Å². The molecule has 0 unspecified atom stereocenters. The van der Waals surface area contributed by atoms with Gasteiger partial charge in [-0.05, 0) is 73.5 Å². The molecule has 2 aromatic rings. The molecular formula is C31H42N4O7S. The van der Waals surface area contributed by atoms with Gasteiger partial charge in [0.1, 0.15) is 11.9 Å². The van der Waals surface area contributed by atoms with E-state index in [1.54, 1.807) is 30.3 Å². The van der Waals surface area contributed by atoms with Gasteiger partial charge in [-0.25, -0.2) is 13.6 Å². The molecule has 2 aromatic carbocycles. The van der Waals surface area contributed by atoms with Gasteiger partial charge in [0.2, 0.25) is 15.9 Å². The van der Waals surface area contributed by atoms with Crippen LogP contribution in [0.4, 0.5) is 0 Å². The van der Waals surface area contributed by atoms with Crippen LogP contribution in [0.25, 0.3) is 11.1 Å². The Labute approximate surface area is 253 Å². The summed E-state index contributed by atoms with van der Waals surface area (Å²) < 4.78 is 35.8. The molecule has 2 amide bonds. The van der Waals surface area contributed by atoms with Crippen LogP contribution >= 0.6 is 0 Å². The minimum Gasteiger partial charge on any atom is -0.493 e. The summed E-state index contributed by atoms with van der Waals surface area (Å²) in [5.74, 6) is 0.460. The normalized spacial score (nSPS) is 27.2. The number of sulfonamides is 1. The lowest BCUT2D eigenvalue weighted by Crippen LogP contribution is -2.50. The van der Waals surface area contributed by atoms with Crippen LogP contribution in [0.3, 0.4) is 0 Å². The predicted octanol–water partition coefficient (Wildman–Crippen LogP) is 2.03. The van der Waals surface area contributed by atoms with Crippen molar-refractivity contribution in [3.05, 3.63) is 48.0 Å². The van der Waals surface area contributed by atoms with Gasteiger partial charge in [-0.15, -0.1) is 0 Å². The van der Waals surface area contributed by atoms with Crippen LogP contribution in [-0.2, 0) is 19.6 Å². The summed E-state index contributed by atoms with van der Waals surface area (Å²) in [7, 11) is -3.82. The highest BCUT2D eigenvalue weighted by Crippen LogP contribution is 2.30. The fourth-order valence-corrected chi connectivity index (χ4v) is 6.54. The second-order valence-electron chi connectivity index (χ2n) is 12.2. The number of fused-ring (bicyclic) bond motifs is 5. The maximum atomic E-state index is 13.6. The summed E-state index contributed by atoms with van der Waals surface area (Å²) in [6, 6.07) is 10.9. The number of hydrogen-bond acceptors (Lipinski definition) is 8. The molecule has 0 radical (unpaired) electrons. The fourth-order valence-electron chi connectivity index (χ4n) is 6.03. The Morgan fingerprint density at radius 2 is 1.81 bits per heavy atom. The van der Waals surface area contributed by atoms with Gasteiger partial charge in [-0.3, -0.25) is 14.5 Å². The monoisotopic (exact) mass is 614 g/mol. The molecule has 3 aliphatic rings. The van der Waals surface area contributed by atoms with Crippen LogP contribution in [0.1, 0.15) is 56.3 Å². The fraction of sp³-hybridized carbons (Fsp3) is 0.548. The van der Waals surface area contributed by atoms with E-state index in [4.69, 9.17) is 14.6 Å². The second-order valence-corrected chi connectivity index (χ2v) is 13.8. The minimum absolute atomic E-state index is 0.0128. The largest absolute Gasteiger partial charge is 0.493 e. The van der Waals surface area contributed by atoms with Crippen molar-refractivity contribution in [3.8, 4) is 16.9 Å². The third-order valence-corrected chi connectivity index (χ3v) is 9.46. The molecule has 43 heavy (non-hydrogen) atoms. The summed E-state index contributed by atoms with van der Waals surface area (Å²) in [5.41, 5.74) is 1.86. The van der Waals surface area contributed by atoms with Gasteiger partial charge in [-0.2, -0.15) is 0 Å². The average Bonchev–Trinajstić information content (AvgIpc) is 3.37. The predicted molar refractivity (Wildman–Crippen MR) is 161 cm³/mol. The number of aliphatic hydroxyl groups excluding tert-OH is 1. The van der Waals surface area contributed by atoms with Crippen molar-refractivity contribution in [2.45, 2.75) is 81.2 Å². The minimum atomic E-state index is -3.82. The van der Waals surface area contributed by atoms with Gasteiger partial charge in [0.15, 0.2) is 0 Å². The first kappa shape index (κ1) is 31.4. The third-order valence-electron chi connectivity index (χ3n) is 8.53. The summed E-state index contributed by atoms with van der Waals surface area (Å²) in [6.45, 7) is 6.07. The highest BCUT2D eigenvalue weighted by molar-refractivity contribution is 7.89. The van der Waals surface area contributed by atoms with Crippen LogP contribution in [-0.4, -0.2) is 86.9 Å². The molecule has 3 aliphatic heterocycles. The van der Waals surface area contributed by atoms with E-state index in [0.717, 1.165) is 24.1 Å². The number of nitrogens with one attached hydrogen (secondary N) is 2. The van der Waals surface area contributed by atoms with Gasteiger partial charge < -0.3 is 25.2 Å². The summed E-state index contributed by atoms with van der Waals surface area (Å²) in [5, 5.41) is 22.0. The lowest BCUT2D eigenvalue weighted by atomic mass is 9.99. The van der Waals surface area contributed by atoms with Crippen molar-refractivity contribution in [3.63, 3.8) is 0 Å². The van der Waals surface area contributed by atoms with Crippen LogP contribution in [0.5, 0.6) is 5.75 Å². The van der Waals surface area contributed by atoms with E-state index < -0.39 is 28.3 Å². The molecule has 5 N–H and O–H groups in total. The number of nitrogens with two attached hydrogens (primary N) is 1. The second kappa shape index (κ2) is 13.3. The Hall–Kier alpha value is -3.03. The van der Waals surface area contributed by atoms with E-state index in [9.17, 15) is 23.1 Å². The molecule has 234 valence electrons. The first-order chi connectivity index (χ1) is 20.5. The van der Waals surface area contributed by atoms with Crippen molar-refractivity contribution in [2.24, 2.45) is 11.1 Å². The first-order valence-corrected chi connectivity index (χ1v) is 16.6. The number of likely N-dealkylation sites (tertiary alicyclic amines) is 1. The van der Waals surface area contributed by atoms with E-state index in [2.05, 4.69) is 29.4 Å². The number of hydrogen-bond donors (Lipinski definition) is 4. The molecule has 0 aromatic heterocycles. The molecule has 3 heterocycles. The zero-order valence-electron chi connectivity index (χ0n) is 24.7. The lowest BCUT2D eigenvalue weighted by Gasteiger charge is -2.34. The van der Waals surface area contributed by atoms with Gasteiger partial charge in [0, 0.05) is 25.6 Å². The lowest BCUT2D eigenvalue weighted by molar-refractivity contribution is -0.133. The molecule has 12 heteroatoms. The van der Waals surface area contributed by atoms with Gasteiger partial charge in [0.05, 0.1) is 35.3 Å². The van der Waals surface area contributed by atoms with E-state index in [1.165, 1.54) is 12.1 Å². The molecular weight excluding hydrogens is 572 g/mol. The zero-order chi connectivity index (χ0) is 30.7. The summed E-state index contributed by atoms with van der Waals surface area (Å²) in [6.07, 6.45) is 1.83. The SMILES string of the molecule is CC(C)CCN1C[C@@H]2C[C@H]1C(=O)NC[C@H]1O[C@H](CCOc3cc(-c4ccc(S(N)(=O)=O)cc4)ccc3C(=O)N2)CC[C@@H]1O. The van der Waals surface area contributed by atoms with Crippen molar-refractivity contribution >= 4 is 21.8 Å². The molecule has 2 fully saturated rings. The van der Waals surface area contributed by atoms with Crippen LogP contribution in [0.2, 0.25) is 0 Å². The zero-order valence-corrected chi connectivity index (χ0v) is 25.5. The smallest absolute Gasteiger partial charge is 0.255 e. The average molecular weight is 615 g/mol. The molecule has 11 nitrogen and oxygen atoms in total. The number of carbonyl (C=O) groups is 2. The molecule has 5 atom stereocenters. The van der Waals surface area contributed by atoms with Crippen LogP contribution in [0, 0.1) is 5.92 Å². The maximum absolute atomic E-state index is 13.6. The Morgan fingerprint density at radius 3 is 2.53 bits per heavy atom. The highest BCUT2D eigenvalue weighted by atomic mass is 32.2. The number of nitrogens with zero attached hydrogens (tertiary/aromatic N) is 1. The highest BCUT2D eigenvalue weighted by Gasteiger charge is 2.39. The third kappa shape index (κ3) is 7.74. The first-order valence-electron chi connectivity index (χ1n) is 15.0. The quantitative estimate of drug-likeness (QED) is 0.398. The standard InChI is InChI=1S/C31H42N4O7S/c1-19(2)11-13-35-18-22-16-26(35)31(38)33-17-29-27(36)10-6-23(42-29)12-14-41-28-15-21(5-9-25(28)30(37)34-22)20-3-7-24(8-4-20)43(32,39)40/h3-5,7-9,15,19,22-23,26-27,29,36H,6,10-14,16-18H2,1-2H3,(H,33,38)(H,34,37)(H2,32,39,40)/t22-,23-,26-,27-,29+/m0/s1. The number of aliphatic hydroxyl groups is 1. The molecule has 2 saturated heterocycles. The Kier molecular flexibility index (Phi) is 9.72. The topological polar surface area (TPSA) is 160 Å². The van der Waals surface area contributed by atoms with E-state index in [0.29, 0.717) is 49.5 Å². The summed E-state index contributed by atoms with van der Waals surface area (Å²) in [4.78, 5) is 29.1. The van der Waals surface area contributed by atoms with Crippen molar-refractivity contribution in [2.75, 3.05) is 26.2 Å². The Bertz CT molecular complexity index is 1420. The number of ether oxygens (including phenoxy) is 2. The van der Waals surface area contributed by atoms with E-state index >= 15 is 0 Å². The van der Waals surface area contributed by atoms with Crippen molar-refractivity contribution in [1.29, 1.82) is 0 Å². The number of rotatable bonds is 5. The number of carbonyl (C=O) groups excluding carboxylic acids is 2. The Morgan fingerprint density at radius 1 is 1.07 bits per heavy atom. The van der Waals surface area contributed by atoms with Crippen molar-refractivity contribution in [1.82, 2.24) is 15.5 Å². The van der Waals surface area contributed by atoms with Gasteiger partial charge in [0.25, 0.3) is 5.91 Å². The molecule has 0 saturated carbocycles.